The molecule has 1 heterocycles. The van der Waals surface area contributed by atoms with Crippen LogP contribution in [-0.4, -0.2) is 39.7 Å². The molecule has 32 heavy (non-hydrogen) atoms. The van der Waals surface area contributed by atoms with Crippen LogP contribution < -0.4 is 4.74 Å². The number of Topliss-reactive ketones (excluding diaryl/α,β-unsaturated/α-hetero) is 1. The van der Waals surface area contributed by atoms with Gasteiger partial charge in [0.25, 0.3) is 5.82 Å². The Labute approximate surface area is 185 Å². The van der Waals surface area contributed by atoms with Gasteiger partial charge in [-0.25, -0.2) is 14.5 Å². The molecule has 0 unspecified atom stereocenters. The Morgan fingerprint density at radius 2 is 1.53 bits per heavy atom. The van der Waals surface area contributed by atoms with Crippen molar-refractivity contribution in [1.29, 1.82) is 0 Å². The highest BCUT2D eigenvalue weighted by Crippen LogP contribution is 2.23. The van der Waals surface area contributed by atoms with Crippen LogP contribution in [0.2, 0.25) is 0 Å². The molecule has 0 amide bonds. The van der Waals surface area contributed by atoms with E-state index < -0.39 is 5.97 Å². The summed E-state index contributed by atoms with van der Waals surface area (Å²) in [5.41, 5.74) is 1.96. The number of carbonyl (C=O) groups excluding carboxylic acids is 2. The summed E-state index contributed by atoms with van der Waals surface area (Å²) in [5.74, 6) is 0.0238. The van der Waals surface area contributed by atoms with Crippen LogP contribution >= 0.6 is 0 Å². The van der Waals surface area contributed by atoms with Crippen LogP contribution in [0.15, 0.2) is 84.9 Å². The van der Waals surface area contributed by atoms with E-state index in [2.05, 4.69) is 10.1 Å². The molecule has 0 aliphatic heterocycles. The third-order valence-electron chi connectivity index (χ3n) is 4.64. The zero-order chi connectivity index (χ0) is 22.3. The number of carbonyl (C=O) groups is 2. The normalized spacial score (nSPS) is 10.5. The van der Waals surface area contributed by atoms with E-state index in [0.717, 1.165) is 11.3 Å². The van der Waals surface area contributed by atoms with Crippen molar-refractivity contribution < 1.29 is 19.1 Å². The molecule has 4 rings (SSSR count). The summed E-state index contributed by atoms with van der Waals surface area (Å²) in [6.07, 6.45) is 0. The van der Waals surface area contributed by atoms with Crippen LogP contribution in [0.25, 0.3) is 17.1 Å². The van der Waals surface area contributed by atoms with E-state index in [0.29, 0.717) is 23.7 Å². The van der Waals surface area contributed by atoms with Gasteiger partial charge >= 0.3 is 5.97 Å². The second-order valence-electron chi connectivity index (χ2n) is 6.83. The Balaban J connectivity index is 1.60. The molecule has 0 atom stereocenters. The third-order valence-corrected chi connectivity index (χ3v) is 4.64. The zero-order valence-corrected chi connectivity index (χ0v) is 17.5. The molecule has 0 N–H and O–H groups in total. The fourth-order valence-corrected chi connectivity index (χ4v) is 3.11. The van der Waals surface area contributed by atoms with Crippen molar-refractivity contribution in [3.63, 3.8) is 0 Å². The number of ether oxygens (including phenoxy) is 2. The summed E-state index contributed by atoms with van der Waals surface area (Å²) in [4.78, 5) is 29.3. The van der Waals surface area contributed by atoms with Gasteiger partial charge in [0.15, 0.2) is 18.2 Å². The first-order valence-corrected chi connectivity index (χ1v) is 10.2. The summed E-state index contributed by atoms with van der Waals surface area (Å²) in [5, 5.41) is 4.36. The Bertz CT molecular complexity index is 1200. The zero-order valence-electron chi connectivity index (χ0n) is 17.5. The van der Waals surface area contributed by atoms with E-state index >= 15 is 0 Å². The van der Waals surface area contributed by atoms with Gasteiger partial charge in [-0.05, 0) is 31.2 Å². The van der Waals surface area contributed by atoms with E-state index in [1.165, 1.54) is 0 Å². The van der Waals surface area contributed by atoms with E-state index in [1.54, 1.807) is 28.9 Å². The highest BCUT2D eigenvalue weighted by Gasteiger charge is 2.21. The van der Waals surface area contributed by atoms with Crippen molar-refractivity contribution in [3.05, 3.63) is 96.3 Å². The van der Waals surface area contributed by atoms with Gasteiger partial charge in [0.2, 0.25) is 0 Å². The molecule has 7 heteroatoms. The minimum atomic E-state index is -0.767. The maximum absolute atomic E-state index is 12.6. The molecule has 0 bridgehead atoms. The fraction of sp³-hybridized carbons (Fsp3) is 0.120. The van der Waals surface area contributed by atoms with Crippen molar-refractivity contribution in [1.82, 2.24) is 14.8 Å². The minimum Gasteiger partial charge on any atom is -0.494 e. The van der Waals surface area contributed by atoms with Gasteiger partial charge < -0.3 is 9.47 Å². The molecular formula is C25H21N3O4. The molecule has 0 aliphatic carbocycles. The van der Waals surface area contributed by atoms with E-state index in [9.17, 15) is 9.59 Å². The molecule has 160 valence electrons. The smallest absolute Gasteiger partial charge is 0.378 e. The largest absolute Gasteiger partial charge is 0.494 e. The summed E-state index contributed by atoms with van der Waals surface area (Å²) >= 11 is 0. The number of nitrogens with zero attached hydrogens (tertiary/aromatic N) is 3. The van der Waals surface area contributed by atoms with Crippen molar-refractivity contribution in [2.24, 2.45) is 0 Å². The number of hydrogen-bond donors (Lipinski definition) is 0. The number of hydrogen-bond acceptors (Lipinski definition) is 6. The molecule has 4 aromatic rings. The van der Waals surface area contributed by atoms with Gasteiger partial charge in [0.1, 0.15) is 5.75 Å². The Morgan fingerprint density at radius 1 is 0.875 bits per heavy atom. The first-order valence-electron chi connectivity index (χ1n) is 10.2. The van der Waals surface area contributed by atoms with Crippen LogP contribution in [0.4, 0.5) is 0 Å². The predicted octanol–water partition coefficient (Wildman–Crippen LogP) is 4.37. The van der Waals surface area contributed by atoms with Crippen LogP contribution in [0, 0.1) is 0 Å². The number of benzene rings is 3. The third kappa shape index (κ3) is 4.73. The molecule has 7 nitrogen and oxygen atoms in total. The van der Waals surface area contributed by atoms with Crippen LogP contribution in [-0.2, 0) is 4.74 Å². The molecular weight excluding hydrogens is 406 g/mol. The standard InChI is InChI=1S/C25H21N3O4/c1-2-31-21-15-13-20(14-16-21)28-24(19-11-7-4-8-12-19)26-23(27-28)25(30)32-17-22(29)18-9-5-3-6-10-18/h3-16H,2,17H2,1H3. The number of aromatic nitrogens is 3. The average Bonchev–Trinajstić information content (AvgIpc) is 3.30. The Kier molecular flexibility index (Phi) is 6.36. The SMILES string of the molecule is CCOc1ccc(-n2nc(C(=O)OCC(=O)c3ccccc3)nc2-c2ccccc2)cc1. The second-order valence-corrected chi connectivity index (χ2v) is 6.83. The number of rotatable bonds is 8. The first kappa shape index (κ1) is 21.0. The lowest BCUT2D eigenvalue weighted by molar-refractivity contribution is 0.0462. The lowest BCUT2D eigenvalue weighted by Crippen LogP contribution is -2.15. The van der Waals surface area contributed by atoms with Gasteiger partial charge in [0.05, 0.1) is 12.3 Å². The highest BCUT2D eigenvalue weighted by atomic mass is 16.5. The van der Waals surface area contributed by atoms with Gasteiger partial charge in [-0.1, -0.05) is 60.7 Å². The van der Waals surface area contributed by atoms with Gasteiger partial charge in [-0.3, -0.25) is 4.79 Å². The second kappa shape index (κ2) is 9.70. The average molecular weight is 427 g/mol. The Morgan fingerprint density at radius 3 is 2.19 bits per heavy atom. The lowest BCUT2D eigenvalue weighted by atomic mass is 10.1. The summed E-state index contributed by atoms with van der Waals surface area (Å²) in [7, 11) is 0. The number of ketones is 1. The van der Waals surface area contributed by atoms with E-state index in [1.807, 2.05) is 67.6 Å². The monoisotopic (exact) mass is 427 g/mol. The Hall–Kier alpha value is -4.26. The molecule has 0 spiro atoms. The first-order chi connectivity index (χ1) is 15.7. The van der Waals surface area contributed by atoms with Gasteiger partial charge in [-0.2, -0.15) is 0 Å². The summed E-state index contributed by atoms with van der Waals surface area (Å²) in [6, 6.07) is 25.4. The van der Waals surface area contributed by atoms with Gasteiger partial charge in [-0.15, -0.1) is 5.10 Å². The van der Waals surface area contributed by atoms with Crippen LogP contribution in [0.5, 0.6) is 5.75 Å². The number of esters is 1. The molecule has 0 saturated heterocycles. The minimum absolute atomic E-state index is 0.126. The molecule has 0 radical (unpaired) electrons. The van der Waals surface area contributed by atoms with Crippen molar-refractivity contribution in [2.75, 3.05) is 13.2 Å². The lowest BCUT2D eigenvalue weighted by Gasteiger charge is -2.07. The van der Waals surface area contributed by atoms with E-state index in [-0.39, 0.29) is 18.2 Å². The maximum atomic E-state index is 12.6. The molecule has 0 aliphatic rings. The van der Waals surface area contributed by atoms with Crippen molar-refractivity contribution in [3.8, 4) is 22.8 Å². The van der Waals surface area contributed by atoms with Gasteiger partial charge in [0, 0.05) is 11.1 Å². The predicted molar refractivity (Wildman–Crippen MR) is 119 cm³/mol. The summed E-state index contributed by atoms with van der Waals surface area (Å²) < 4.78 is 12.3. The topological polar surface area (TPSA) is 83.3 Å². The molecule has 3 aromatic carbocycles. The maximum Gasteiger partial charge on any atom is 0.378 e. The molecule has 1 aromatic heterocycles. The highest BCUT2D eigenvalue weighted by molar-refractivity contribution is 5.98. The molecule has 0 saturated carbocycles. The summed E-state index contributed by atoms with van der Waals surface area (Å²) in [6.45, 7) is 2.09. The van der Waals surface area contributed by atoms with Crippen LogP contribution in [0.1, 0.15) is 27.9 Å². The molecule has 0 fully saturated rings. The van der Waals surface area contributed by atoms with Crippen molar-refractivity contribution in [2.45, 2.75) is 6.92 Å². The quantitative estimate of drug-likeness (QED) is 0.307. The van der Waals surface area contributed by atoms with E-state index in [4.69, 9.17) is 9.47 Å². The fourth-order valence-electron chi connectivity index (χ4n) is 3.11. The van der Waals surface area contributed by atoms with Crippen LogP contribution in [0.3, 0.4) is 0 Å². The van der Waals surface area contributed by atoms with Crippen molar-refractivity contribution >= 4 is 11.8 Å².